The lowest BCUT2D eigenvalue weighted by Gasteiger charge is -2.32. The number of hydrogen-bond donors (Lipinski definition) is 2. The van der Waals surface area contributed by atoms with Gasteiger partial charge >= 0.3 is 0 Å². The van der Waals surface area contributed by atoms with Crippen LogP contribution >= 0.6 is 12.4 Å². The van der Waals surface area contributed by atoms with Gasteiger partial charge in [0.25, 0.3) is 0 Å². The van der Waals surface area contributed by atoms with E-state index in [1.54, 1.807) is 0 Å². The van der Waals surface area contributed by atoms with Gasteiger partial charge in [0.15, 0.2) is 0 Å². The van der Waals surface area contributed by atoms with Crippen LogP contribution in [0.25, 0.3) is 0 Å². The highest BCUT2D eigenvalue weighted by Crippen LogP contribution is 2.32. The fourth-order valence-electron chi connectivity index (χ4n) is 2.60. The molecule has 2 aliphatic rings. The number of amides is 2. The van der Waals surface area contributed by atoms with Gasteiger partial charge in [0.1, 0.15) is 0 Å². The van der Waals surface area contributed by atoms with E-state index in [1.165, 1.54) is 0 Å². The topological polar surface area (TPSA) is 61.4 Å². The molecule has 1 saturated heterocycles. The van der Waals surface area contributed by atoms with Crippen LogP contribution < -0.4 is 10.6 Å². The molecule has 0 spiro atoms. The number of nitrogens with zero attached hydrogens (tertiary/aromatic N) is 1. The van der Waals surface area contributed by atoms with Crippen molar-refractivity contribution in [3.8, 4) is 0 Å². The first kappa shape index (κ1) is 17.2. The number of nitrogens with one attached hydrogen (secondary N) is 2. The molecule has 1 aliphatic carbocycles. The van der Waals surface area contributed by atoms with Gasteiger partial charge in [0.2, 0.25) is 11.8 Å². The van der Waals surface area contributed by atoms with Crippen molar-refractivity contribution in [2.75, 3.05) is 33.2 Å². The molecule has 0 radical (unpaired) electrons. The summed E-state index contributed by atoms with van der Waals surface area (Å²) in [6.45, 7) is 3.08. The van der Waals surface area contributed by atoms with Gasteiger partial charge < -0.3 is 15.5 Å². The van der Waals surface area contributed by atoms with E-state index in [4.69, 9.17) is 0 Å². The first-order chi connectivity index (χ1) is 9.22. The van der Waals surface area contributed by atoms with Crippen molar-refractivity contribution in [3.63, 3.8) is 0 Å². The highest BCUT2D eigenvalue weighted by atomic mass is 35.5. The molecule has 2 amide bonds. The molecule has 1 saturated carbocycles. The number of halogens is 1. The Kier molecular flexibility index (Phi) is 7.30. The van der Waals surface area contributed by atoms with Crippen LogP contribution in [0, 0.1) is 11.8 Å². The van der Waals surface area contributed by atoms with Crippen LogP contribution in [0.1, 0.15) is 32.1 Å². The summed E-state index contributed by atoms with van der Waals surface area (Å²) >= 11 is 0. The van der Waals surface area contributed by atoms with Crippen LogP contribution in [-0.4, -0.2) is 49.9 Å². The van der Waals surface area contributed by atoms with Gasteiger partial charge in [-0.1, -0.05) is 0 Å². The Balaban J connectivity index is 0.00000200. The summed E-state index contributed by atoms with van der Waals surface area (Å²) in [5.74, 6) is 0.639. The highest BCUT2D eigenvalue weighted by molar-refractivity contribution is 5.85. The predicted octanol–water partition coefficient (Wildman–Crippen LogP) is 0.782. The van der Waals surface area contributed by atoms with Crippen LogP contribution in [0.2, 0.25) is 0 Å². The minimum Gasteiger partial charge on any atom is -0.356 e. The monoisotopic (exact) mass is 303 g/mol. The van der Waals surface area contributed by atoms with Crippen LogP contribution in [0.4, 0.5) is 0 Å². The van der Waals surface area contributed by atoms with Gasteiger partial charge in [-0.3, -0.25) is 9.59 Å². The molecule has 2 N–H and O–H groups in total. The Labute approximate surface area is 127 Å². The standard InChI is InChI=1S/C14H25N3O2.ClH/c1-15-7-3-8-16-13(18)12-4-2-9-17(10-12)14(19)11-5-6-11;/h11-12,15H,2-10H2,1H3,(H,16,18);1H. The average molecular weight is 304 g/mol. The second-order valence-corrected chi connectivity index (χ2v) is 5.65. The molecular formula is C14H26ClN3O2. The Morgan fingerprint density at radius 1 is 1.15 bits per heavy atom. The molecule has 116 valence electrons. The summed E-state index contributed by atoms with van der Waals surface area (Å²) in [5, 5.41) is 6.03. The molecule has 0 aromatic heterocycles. The van der Waals surface area contributed by atoms with Crippen molar-refractivity contribution in [1.82, 2.24) is 15.5 Å². The maximum atomic E-state index is 12.0. The predicted molar refractivity (Wildman–Crippen MR) is 80.8 cm³/mol. The molecular weight excluding hydrogens is 278 g/mol. The highest BCUT2D eigenvalue weighted by Gasteiger charge is 2.36. The molecule has 20 heavy (non-hydrogen) atoms. The van der Waals surface area contributed by atoms with Crippen molar-refractivity contribution < 1.29 is 9.59 Å². The SMILES string of the molecule is CNCCCNC(=O)C1CCCN(C(=O)C2CC2)C1.Cl. The third-order valence-electron chi connectivity index (χ3n) is 3.93. The maximum absolute atomic E-state index is 12.0. The van der Waals surface area contributed by atoms with Crippen LogP contribution in [-0.2, 0) is 9.59 Å². The smallest absolute Gasteiger partial charge is 0.225 e. The van der Waals surface area contributed by atoms with E-state index in [2.05, 4.69) is 10.6 Å². The Morgan fingerprint density at radius 3 is 2.55 bits per heavy atom. The molecule has 5 nitrogen and oxygen atoms in total. The van der Waals surface area contributed by atoms with E-state index in [-0.39, 0.29) is 36.1 Å². The second-order valence-electron chi connectivity index (χ2n) is 5.65. The third-order valence-corrected chi connectivity index (χ3v) is 3.93. The number of carbonyl (C=O) groups is 2. The lowest BCUT2D eigenvalue weighted by atomic mass is 9.96. The van der Waals surface area contributed by atoms with Gasteiger partial charge in [-0.25, -0.2) is 0 Å². The van der Waals surface area contributed by atoms with E-state index in [0.717, 1.165) is 45.2 Å². The Bertz CT molecular complexity index is 334. The summed E-state index contributed by atoms with van der Waals surface area (Å²) < 4.78 is 0. The summed E-state index contributed by atoms with van der Waals surface area (Å²) in [5.41, 5.74) is 0. The molecule has 0 bridgehead atoms. The van der Waals surface area contributed by atoms with E-state index in [1.807, 2.05) is 11.9 Å². The van der Waals surface area contributed by atoms with Crippen molar-refractivity contribution in [2.45, 2.75) is 32.1 Å². The Morgan fingerprint density at radius 2 is 1.90 bits per heavy atom. The van der Waals surface area contributed by atoms with Crippen LogP contribution in [0.3, 0.4) is 0 Å². The van der Waals surface area contributed by atoms with Gasteiger partial charge in [0.05, 0.1) is 5.92 Å². The lowest BCUT2D eigenvalue weighted by molar-refractivity contribution is -0.136. The molecule has 2 fully saturated rings. The number of rotatable bonds is 6. The second kappa shape index (κ2) is 8.47. The molecule has 1 unspecified atom stereocenters. The van der Waals surface area contributed by atoms with Crippen molar-refractivity contribution in [1.29, 1.82) is 0 Å². The van der Waals surface area contributed by atoms with E-state index in [0.29, 0.717) is 13.1 Å². The van der Waals surface area contributed by atoms with Crippen LogP contribution in [0.15, 0.2) is 0 Å². The van der Waals surface area contributed by atoms with Crippen molar-refractivity contribution in [3.05, 3.63) is 0 Å². The molecule has 1 heterocycles. The average Bonchev–Trinajstić information content (AvgIpc) is 3.27. The van der Waals surface area contributed by atoms with Crippen molar-refractivity contribution >= 4 is 24.2 Å². The Hall–Kier alpha value is -0.810. The van der Waals surface area contributed by atoms with E-state index in [9.17, 15) is 9.59 Å². The summed E-state index contributed by atoms with van der Waals surface area (Å²) in [4.78, 5) is 26.0. The first-order valence-corrected chi connectivity index (χ1v) is 7.43. The zero-order chi connectivity index (χ0) is 13.7. The van der Waals surface area contributed by atoms with Crippen LogP contribution in [0.5, 0.6) is 0 Å². The molecule has 2 rings (SSSR count). The van der Waals surface area contributed by atoms with Gasteiger partial charge in [-0.05, 0) is 45.7 Å². The molecule has 6 heteroatoms. The van der Waals surface area contributed by atoms with Gasteiger partial charge in [0, 0.05) is 25.6 Å². The number of carbonyl (C=O) groups excluding carboxylic acids is 2. The van der Waals surface area contributed by atoms with Gasteiger partial charge in [-0.2, -0.15) is 0 Å². The molecule has 0 aromatic rings. The lowest BCUT2D eigenvalue weighted by Crippen LogP contribution is -2.46. The summed E-state index contributed by atoms with van der Waals surface area (Å²) in [6, 6.07) is 0. The summed E-state index contributed by atoms with van der Waals surface area (Å²) in [6.07, 6.45) is 4.88. The molecule has 1 atom stereocenters. The number of hydrogen-bond acceptors (Lipinski definition) is 3. The third kappa shape index (κ3) is 4.94. The van der Waals surface area contributed by atoms with E-state index < -0.39 is 0 Å². The minimum atomic E-state index is -0.00830. The number of likely N-dealkylation sites (tertiary alicyclic amines) is 1. The zero-order valence-electron chi connectivity index (χ0n) is 12.2. The van der Waals surface area contributed by atoms with Gasteiger partial charge in [-0.15, -0.1) is 12.4 Å². The fourth-order valence-corrected chi connectivity index (χ4v) is 2.60. The molecule has 0 aromatic carbocycles. The minimum absolute atomic E-state index is 0. The van der Waals surface area contributed by atoms with E-state index >= 15 is 0 Å². The largest absolute Gasteiger partial charge is 0.356 e. The molecule has 1 aliphatic heterocycles. The first-order valence-electron chi connectivity index (χ1n) is 7.43. The maximum Gasteiger partial charge on any atom is 0.225 e. The fraction of sp³-hybridized carbons (Fsp3) is 0.857. The summed E-state index contributed by atoms with van der Waals surface area (Å²) in [7, 11) is 1.91. The quantitative estimate of drug-likeness (QED) is 0.713. The number of piperidine rings is 1. The van der Waals surface area contributed by atoms with Crippen molar-refractivity contribution in [2.24, 2.45) is 11.8 Å². The normalized spacial score (nSPS) is 22.1. The zero-order valence-corrected chi connectivity index (χ0v) is 13.0.